The molecule has 6 heteroatoms. The molecule has 2 heterocycles. The maximum absolute atomic E-state index is 13.2. The van der Waals surface area contributed by atoms with Crippen LogP contribution in [0, 0.1) is 5.41 Å². The van der Waals surface area contributed by atoms with E-state index < -0.39 is 0 Å². The van der Waals surface area contributed by atoms with Crippen molar-refractivity contribution in [1.29, 1.82) is 0 Å². The van der Waals surface area contributed by atoms with Crippen LogP contribution in [0.25, 0.3) is 0 Å². The fraction of sp³-hybridized carbons (Fsp3) is 0.318. The number of carbonyl (C=O) groups excluding carboxylic acids is 2. The SMILES string of the molecule is CC1(C)CC(=O)C2=C(C1)N(c1cc(Cl)cc(Cl)c1)C(=O)C[C@@H]2c1cccnc1. The average molecular weight is 415 g/mol. The summed E-state index contributed by atoms with van der Waals surface area (Å²) < 4.78 is 0. The van der Waals surface area contributed by atoms with E-state index in [2.05, 4.69) is 18.8 Å². The van der Waals surface area contributed by atoms with Crippen molar-refractivity contribution < 1.29 is 9.59 Å². The van der Waals surface area contributed by atoms with Gasteiger partial charge in [-0.25, -0.2) is 0 Å². The second-order valence-corrected chi connectivity index (χ2v) is 9.07. The van der Waals surface area contributed by atoms with Gasteiger partial charge in [0.2, 0.25) is 5.91 Å². The number of rotatable bonds is 2. The van der Waals surface area contributed by atoms with Crippen molar-refractivity contribution in [2.75, 3.05) is 4.90 Å². The Labute approximate surface area is 174 Å². The summed E-state index contributed by atoms with van der Waals surface area (Å²) in [5.74, 6) is -0.257. The average Bonchev–Trinajstić information content (AvgIpc) is 2.59. The Morgan fingerprint density at radius 3 is 2.46 bits per heavy atom. The Morgan fingerprint density at radius 1 is 1.11 bits per heavy atom. The van der Waals surface area contributed by atoms with Gasteiger partial charge in [-0.1, -0.05) is 43.1 Å². The Morgan fingerprint density at radius 2 is 1.82 bits per heavy atom. The lowest BCUT2D eigenvalue weighted by Crippen LogP contribution is -2.43. The monoisotopic (exact) mass is 414 g/mol. The maximum atomic E-state index is 13.2. The Hall–Kier alpha value is -2.17. The second kappa shape index (κ2) is 7.02. The van der Waals surface area contributed by atoms with Crippen molar-refractivity contribution >= 4 is 40.6 Å². The van der Waals surface area contributed by atoms with Gasteiger partial charge in [0.05, 0.1) is 5.69 Å². The van der Waals surface area contributed by atoms with E-state index in [1.807, 2.05) is 12.1 Å². The molecule has 144 valence electrons. The number of halogens is 2. The van der Waals surface area contributed by atoms with Crippen LogP contribution in [0.5, 0.6) is 0 Å². The van der Waals surface area contributed by atoms with Crippen molar-refractivity contribution in [3.8, 4) is 0 Å². The van der Waals surface area contributed by atoms with E-state index in [4.69, 9.17) is 23.2 Å². The molecule has 28 heavy (non-hydrogen) atoms. The minimum Gasteiger partial charge on any atom is -0.294 e. The molecule has 1 atom stereocenters. The third kappa shape index (κ3) is 3.47. The summed E-state index contributed by atoms with van der Waals surface area (Å²) in [4.78, 5) is 32.2. The van der Waals surface area contributed by atoms with Crippen LogP contribution < -0.4 is 4.90 Å². The molecule has 2 aliphatic rings. The lowest BCUT2D eigenvalue weighted by Gasteiger charge is -2.43. The normalized spacial score (nSPS) is 21.7. The number of anilines is 1. The summed E-state index contributed by atoms with van der Waals surface area (Å²) in [6, 6.07) is 8.82. The van der Waals surface area contributed by atoms with Crippen LogP contribution in [0.1, 0.15) is 44.6 Å². The minimum atomic E-state index is -0.272. The van der Waals surface area contributed by atoms with E-state index >= 15 is 0 Å². The number of ketones is 1. The first-order chi connectivity index (χ1) is 13.2. The van der Waals surface area contributed by atoms with Crippen molar-refractivity contribution in [2.24, 2.45) is 5.41 Å². The van der Waals surface area contributed by atoms with E-state index in [0.717, 1.165) is 11.3 Å². The van der Waals surface area contributed by atoms with Gasteiger partial charge >= 0.3 is 0 Å². The topological polar surface area (TPSA) is 50.3 Å². The summed E-state index contributed by atoms with van der Waals surface area (Å²) in [7, 11) is 0. The Balaban J connectivity index is 1.92. The molecule has 4 rings (SSSR count). The quantitative estimate of drug-likeness (QED) is 0.646. The minimum absolute atomic E-state index is 0.0727. The number of benzene rings is 1. The molecule has 0 unspecified atom stereocenters. The summed E-state index contributed by atoms with van der Waals surface area (Å²) in [6.07, 6.45) is 4.72. The van der Waals surface area contributed by atoms with Crippen molar-refractivity contribution in [3.63, 3.8) is 0 Å². The first kappa shape index (κ1) is 19.2. The van der Waals surface area contributed by atoms with Crippen LogP contribution in [0.15, 0.2) is 54.0 Å². The molecule has 1 aromatic heterocycles. The van der Waals surface area contributed by atoms with E-state index in [0.29, 0.717) is 34.1 Å². The number of Topliss-reactive ketones (excluding diaryl/α,β-unsaturated/α-hetero) is 1. The predicted molar refractivity (Wildman–Crippen MR) is 111 cm³/mol. The fourth-order valence-electron chi connectivity index (χ4n) is 4.25. The molecule has 0 saturated carbocycles. The molecule has 2 aromatic rings. The molecule has 1 amide bonds. The van der Waals surface area contributed by atoms with E-state index in [1.54, 1.807) is 35.5 Å². The van der Waals surface area contributed by atoms with Gasteiger partial charge in [0.15, 0.2) is 5.78 Å². The van der Waals surface area contributed by atoms with Crippen LogP contribution in [0.3, 0.4) is 0 Å². The van der Waals surface area contributed by atoms with Gasteiger partial charge in [0, 0.05) is 52.5 Å². The molecule has 0 bridgehead atoms. The zero-order valence-electron chi connectivity index (χ0n) is 15.7. The molecular weight excluding hydrogens is 395 g/mol. The summed E-state index contributed by atoms with van der Waals surface area (Å²) >= 11 is 12.4. The van der Waals surface area contributed by atoms with Gasteiger partial charge in [-0.05, 0) is 41.7 Å². The van der Waals surface area contributed by atoms with Crippen molar-refractivity contribution in [3.05, 3.63) is 69.6 Å². The van der Waals surface area contributed by atoms with E-state index in [1.165, 1.54) is 0 Å². The third-order valence-corrected chi connectivity index (χ3v) is 5.77. The number of pyridine rings is 1. The highest BCUT2D eigenvalue weighted by atomic mass is 35.5. The van der Waals surface area contributed by atoms with Crippen LogP contribution in [-0.4, -0.2) is 16.7 Å². The smallest absolute Gasteiger partial charge is 0.232 e. The number of hydrogen-bond acceptors (Lipinski definition) is 3. The zero-order valence-corrected chi connectivity index (χ0v) is 17.2. The standard InChI is InChI=1S/C22H20Cl2N2O2/c1-22(2)10-18-21(19(27)11-22)17(13-4-3-5-25-12-13)9-20(28)26(18)16-7-14(23)6-15(24)8-16/h3-8,12,17H,9-11H2,1-2H3/t17-/m1/s1. The maximum Gasteiger partial charge on any atom is 0.232 e. The van der Waals surface area contributed by atoms with Crippen molar-refractivity contribution in [1.82, 2.24) is 4.98 Å². The van der Waals surface area contributed by atoms with Crippen molar-refractivity contribution in [2.45, 2.75) is 39.0 Å². The van der Waals surface area contributed by atoms with Gasteiger partial charge in [-0.2, -0.15) is 0 Å². The lowest BCUT2D eigenvalue weighted by atomic mass is 9.69. The molecule has 0 saturated heterocycles. The number of hydrogen-bond donors (Lipinski definition) is 0. The van der Waals surface area contributed by atoms with Crippen LogP contribution in [0.4, 0.5) is 5.69 Å². The van der Waals surface area contributed by atoms with E-state index in [9.17, 15) is 9.59 Å². The van der Waals surface area contributed by atoms with Crippen LogP contribution in [-0.2, 0) is 9.59 Å². The molecule has 0 fully saturated rings. The highest BCUT2D eigenvalue weighted by molar-refractivity contribution is 6.35. The molecule has 1 aromatic carbocycles. The zero-order chi connectivity index (χ0) is 20.1. The third-order valence-electron chi connectivity index (χ3n) is 5.34. The van der Waals surface area contributed by atoms with Gasteiger partial charge in [0.25, 0.3) is 0 Å². The van der Waals surface area contributed by atoms with Gasteiger partial charge in [-0.3, -0.25) is 19.5 Å². The molecule has 0 spiro atoms. The van der Waals surface area contributed by atoms with Gasteiger partial charge in [-0.15, -0.1) is 0 Å². The predicted octanol–water partition coefficient (Wildman–Crippen LogP) is 5.55. The molecule has 4 nitrogen and oxygen atoms in total. The summed E-state index contributed by atoms with van der Waals surface area (Å²) in [5.41, 5.74) is 2.73. The first-order valence-electron chi connectivity index (χ1n) is 9.20. The van der Waals surface area contributed by atoms with Crippen LogP contribution in [0.2, 0.25) is 10.0 Å². The number of amides is 1. The summed E-state index contributed by atoms with van der Waals surface area (Å²) in [5, 5.41) is 0.904. The Bertz CT molecular complexity index is 979. The summed E-state index contributed by atoms with van der Waals surface area (Å²) in [6.45, 7) is 4.10. The molecular formula is C22H20Cl2N2O2. The van der Waals surface area contributed by atoms with Gasteiger partial charge < -0.3 is 0 Å². The fourth-order valence-corrected chi connectivity index (χ4v) is 4.76. The number of aromatic nitrogens is 1. The number of carbonyl (C=O) groups is 2. The second-order valence-electron chi connectivity index (χ2n) is 8.20. The molecule has 0 N–H and O–H groups in total. The van der Waals surface area contributed by atoms with Crippen LogP contribution >= 0.6 is 23.2 Å². The number of allylic oxidation sites excluding steroid dienone is 2. The highest BCUT2D eigenvalue weighted by Crippen LogP contribution is 2.48. The first-order valence-corrected chi connectivity index (χ1v) is 9.96. The van der Waals surface area contributed by atoms with E-state index in [-0.39, 0.29) is 29.4 Å². The molecule has 1 aliphatic carbocycles. The molecule has 0 radical (unpaired) electrons. The highest BCUT2D eigenvalue weighted by Gasteiger charge is 2.44. The van der Waals surface area contributed by atoms with Gasteiger partial charge in [0.1, 0.15) is 0 Å². The number of nitrogens with zero attached hydrogens (tertiary/aromatic N) is 2. The molecule has 1 aliphatic heterocycles. The largest absolute Gasteiger partial charge is 0.294 e. The lowest BCUT2D eigenvalue weighted by molar-refractivity contribution is -0.121. The Kier molecular flexibility index (Phi) is 4.80.